The number of alkyl halides is 3. The molecule has 1 fully saturated rings. The van der Waals surface area contributed by atoms with Crippen molar-refractivity contribution in [1.82, 2.24) is 10.2 Å². The second-order valence-electron chi connectivity index (χ2n) is 10.0. The minimum Gasteiger partial charge on any atom is -0.444 e. The number of benzene rings is 2. The van der Waals surface area contributed by atoms with Crippen LogP contribution in [0, 0.1) is 0 Å². The molecular formula is C27H31ClF3N3O5. The lowest BCUT2D eigenvalue weighted by molar-refractivity contribution is -0.274. The number of rotatable bonds is 7. The topological polar surface area (TPSA) is 97.0 Å². The summed E-state index contributed by atoms with van der Waals surface area (Å²) in [6.07, 6.45) is -3.53. The number of para-hydroxylation sites is 1. The number of hydrogen-bond acceptors (Lipinski definition) is 5. The highest BCUT2D eigenvalue weighted by atomic mass is 35.5. The first-order valence-electron chi connectivity index (χ1n) is 12.5. The Bertz CT molecular complexity index is 1200. The van der Waals surface area contributed by atoms with Gasteiger partial charge >= 0.3 is 12.5 Å². The minimum absolute atomic E-state index is 0.00293. The number of halogens is 4. The molecule has 0 radical (unpaired) electrons. The fraction of sp³-hybridized carbons (Fsp3) is 0.444. The predicted octanol–water partition coefficient (Wildman–Crippen LogP) is 6.14. The van der Waals surface area contributed by atoms with E-state index in [9.17, 15) is 27.6 Å². The number of piperidine rings is 1. The molecule has 0 saturated carbocycles. The monoisotopic (exact) mass is 569 g/mol. The predicted molar refractivity (Wildman–Crippen MR) is 140 cm³/mol. The molecule has 8 nitrogen and oxygen atoms in total. The molecule has 2 aromatic carbocycles. The van der Waals surface area contributed by atoms with Crippen molar-refractivity contribution >= 4 is 35.2 Å². The summed E-state index contributed by atoms with van der Waals surface area (Å²) in [6.45, 7) is 5.66. The third-order valence-corrected chi connectivity index (χ3v) is 6.09. The highest BCUT2D eigenvalue weighted by molar-refractivity contribution is 6.33. The molecule has 1 saturated heterocycles. The molecule has 2 N–H and O–H groups in total. The third kappa shape index (κ3) is 9.05. The highest BCUT2D eigenvalue weighted by Crippen LogP contribution is 2.38. The van der Waals surface area contributed by atoms with Crippen LogP contribution in [0.5, 0.6) is 5.75 Å². The van der Waals surface area contributed by atoms with Gasteiger partial charge in [-0.3, -0.25) is 9.59 Å². The number of carbonyl (C=O) groups excluding carboxylic acids is 3. The highest BCUT2D eigenvalue weighted by Gasteiger charge is 2.33. The van der Waals surface area contributed by atoms with Gasteiger partial charge in [0.25, 0.3) is 0 Å². The summed E-state index contributed by atoms with van der Waals surface area (Å²) >= 11 is 6.38. The Morgan fingerprint density at radius 2 is 1.77 bits per heavy atom. The van der Waals surface area contributed by atoms with E-state index >= 15 is 0 Å². The maximum atomic E-state index is 13.1. The largest absolute Gasteiger partial charge is 0.573 e. The van der Waals surface area contributed by atoms with Crippen LogP contribution in [-0.2, 0) is 14.3 Å². The van der Waals surface area contributed by atoms with E-state index in [4.69, 9.17) is 16.3 Å². The van der Waals surface area contributed by atoms with E-state index in [1.54, 1.807) is 26.8 Å². The van der Waals surface area contributed by atoms with E-state index in [1.165, 1.54) is 41.3 Å². The number of anilines is 1. The number of carbonyl (C=O) groups is 3. The summed E-state index contributed by atoms with van der Waals surface area (Å²) in [5, 5.41) is 5.40. The Balaban J connectivity index is 1.66. The quantitative estimate of drug-likeness (QED) is 0.417. The van der Waals surface area contributed by atoms with Gasteiger partial charge in [-0.05, 0) is 58.2 Å². The first-order valence-corrected chi connectivity index (χ1v) is 12.8. The number of nitrogens with zero attached hydrogens (tertiary/aromatic N) is 1. The molecule has 1 aliphatic rings. The summed E-state index contributed by atoms with van der Waals surface area (Å²) in [4.78, 5) is 39.3. The summed E-state index contributed by atoms with van der Waals surface area (Å²) in [7, 11) is 0. The number of ether oxygens (including phenoxy) is 2. The zero-order valence-corrected chi connectivity index (χ0v) is 22.6. The van der Waals surface area contributed by atoms with Gasteiger partial charge in [0.05, 0.1) is 5.02 Å². The van der Waals surface area contributed by atoms with E-state index in [0.29, 0.717) is 24.2 Å². The molecule has 0 bridgehead atoms. The first-order chi connectivity index (χ1) is 18.2. The van der Waals surface area contributed by atoms with Crippen molar-refractivity contribution in [2.75, 3.05) is 18.4 Å². The molecule has 3 rings (SSSR count). The molecule has 12 heteroatoms. The van der Waals surface area contributed by atoms with Crippen LogP contribution < -0.4 is 15.4 Å². The number of hydrogen-bond donors (Lipinski definition) is 2. The zero-order chi connectivity index (χ0) is 28.8. The molecule has 0 aromatic heterocycles. The van der Waals surface area contributed by atoms with Gasteiger partial charge in [0.1, 0.15) is 17.4 Å². The standard InChI is InChI=1S/C27H31ClF3N3O5/c1-26(2,3)39-25(37)32-14-13-23(35)34-15-7-6-9-21(34)24(36)33-17-11-12-18(20(28)16-17)19-8-4-5-10-22(19)38-27(29,30)31/h4-5,8,10-12,16,21H,6-7,9,13-15H2,1-3H3,(H,32,37)(H,33,36)/t21-/m1/s1. The maximum absolute atomic E-state index is 13.1. The lowest BCUT2D eigenvalue weighted by Gasteiger charge is -2.35. The molecule has 2 aromatic rings. The van der Waals surface area contributed by atoms with E-state index in [-0.39, 0.29) is 29.5 Å². The van der Waals surface area contributed by atoms with Crippen LogP contribution >= 0.6 is 11.6 Å². The fourth-order valence-electron chi connectivity index (χ4n) is 4.17. The van der Waals surface area contributed by atoms with E-state index in [0.717, 1.165) is 12.8 Å². The first kappa shape index (κ1) is 30.1. The van der Waals surface area contributed by atoms with Gasteiger partial charge in [-0.2, -0.15) is 0 Å². The van der Waals surface area contributed by atoms with Crippen molar-refractivity contribution in [3.05, 3.63) is 47.5 Å². The minimum atomic E-state index is -4.87. The molecule has 0 aliphatic carbocycles. The zero-order valence-electron chi connectivity index (χ0n) is 21.9. The molecule has 1 aliphatic heterocycles. The summed E-state index contributed by atoms with van der Waals surface area (Å²) < 4.78 is 47.7. The van der Waals surface area contributed by atoms with Crippen molar-refractivity contribution in [2.45, 2.75) is 64.5 Å². The van der Waals surface area contributed by atoms with Gasteiger partial charge in [-0.1, -0.05) is 35.9 Å². The second kappa shape index (κ2) is 12.6. The Labute approximate surface area is 229 Å². The summed E-state index contributed by atoms with van der Waals surface area (Å²) in [5.41, 5.74) is 0.0987. The smallest absolute Gasteiger partial charge is 0.444 e. The number of likely N-dealkylation sites (tertiary alicyclic amines) is 1. The molecule has 212 valence electrons. The van der Waals surface area contributed by atoms with E-state index in [2.05, 4.69) is 15.4 Å². The van der Waals surface area contributed by atoms with Gasteiger partial charge in [-0.15, -0.1) is 13.2 Å². The van der Waals surface area contributed by atoms with Gasteiger partial charge < -0.3 is 25.0 Å². The molecule has 1 heterocycles. The van der Waals surface area contributed by atoms with Gasteiger partial charge in [0, 0.05) is 36.3 Å². The van der Waals surface area contributed by atoms with Crippen molar-refractivity contribution < 1.29 is 37.0 Å². The Hall–Kier alpha value is -3.47. The average molecular weight is 570 g/mol. The number of amides is 3. The average Bonchev–Trinajstić information content (AvgIpc) is 2.82. The van der Waals surface area contributed by atoms with Crippen LogP contribution in [0.1, 0.15) is 46.5 Å². The van der Waals surface area contributed by atoms with Crippen molar-refractivity contribution in [1.29, 1.82) is 0 Å². The van der Waals surface area contributed by atoms with Crippen LogP contribution in [-0.4, -0.2) is 53.9 Å². The van der Waals surface area contributed by atoms with Gasteiger partial charge in [0.15, 0.2) is 0 Å². The van der Waals surface area contributed by atoms with Crippen molar-refractivity contribution in [3.8, 4) is 16.9 Å². The van der Waals surface area contributed by atoms with Gasteiger partial charge in [-0.25, -0.2) is 4.79 Å². The van der Waals surface area contributed by atoms with Crippen molar-refractivity contribution in [2.24, 2.45) is 0 Å². The maximum Gasteiger partial charge on any atom is 0.573 e. The molecule has 0 unspecified atom stereocenters. The normalized spacial score (nSPS) is 15.9. The summed E-state index contributed by atoms with van der Waals surface area (Å²) in [6, 6.07) is 9.33. The van der Waals surface area contributed by atoms with Crippen LogP contribution in [0.25, 0.3) is 11.1 Å². The van der Waals surface area contributed by atoms with Crippen LogP contribution in [0.3, 0.4) is 0 Å². The lowest BCUT2D eigenvalue weighted by atomic mass is 10.0. The fourth-order valence-corrected chi connectivity index (χ4v) is 4.45. The molecule has 3 amide bonds. The van der Waals surface area contributed by atoms with Crippen LogP contribution in [0.4, 0.5) is 23.7 Å². The molecule has 39 heavy (non-hydrogen) atoms. The molecule has 1 atom stereocenters. The van der Waals surface area contributed by atoms with E-state index in [1.807, 2.05) is 0 Å². The molecule has 0 spiro atoms. The Morgan fingerprint density at radius 3 is 2.44 bits per heavy atom. The lowest BCUT2D eigenvalue weighted by Crippen LogP contribution is -2.50. The number of alkyl carbamates (subject to hydrolysis) is 1. The third-order valence-electron chi connectivity index (χ3n) is 5.77. The molecular weight excluding hydrogens is 539 g/mol. The SMILES string of the molecule is CC(C)(C)OC(=O)NCCC(=O)N1CCCC[C@@H]1C(=O)Nc1ccc(-c2ccccc2OC(F)(F)F)c(Cl)c1. The van der Waals surface area contributed by atoms with Crippen molar-refractivity contribution in [3.63, 3.8) is 0 Å². The van der Waals surface area contributed by atoms with E-state index < -0.39 is 35.8 Å². The van der Waals surface area contributed by atoms with Crippen LogP contribution in [0.2, 0.25) is 5.02 Å². The summed E-state index contributed by atoms with van der Waals surface area (Å²) in [5.74, 6) is -1.09. The Morgan fingerprint density at radius 1 is 1.05 bits per heavy atom. The second-order valence-corrected chi connectivity index (χ2v) is 10.4. The Kier molecular flexibility index (Phi) is 9.71. The van der Waals surface area contributed by atoms with Crippen LogP contribution in [0.15, 0.2) is 42.5 Å². The number of nitrogens with one attached hydrogen (secondary N) is 2. The van der Waals surface area contributed by atoms with Gasteiger partial charge in [0.2, 0.25) is 11.8 Å².